The number of carbonyl (C=O) groups excluding carboxylic acids is 2. The summed E-state index contributed by atoms with van der Waals surface area (Å²) >= 11 is 1.46. The van der Waals surface area contributed by atoms with Crippen LogP contribution in [0.15, 0.2) is 29.1 Å². The lowest BCUT2D eigenvalue weighted by molar-refractivity contribution is -0.115. The highest BCUT2D eigenvalue weighted by Gasteiger charge is 2.29. The summed E-state index contributed by atoms with van der Waals surface area (Å²) in [6.45, 7) is 4.25. The Hall–Kier alpha value is -3.00. The maximum Gasteiger partial charge on any atom is 0.341 e. The summed E-state index contributed by atoms with van der Waals surface area (Å²) in [4.78, 5) is 39.1. The molecule has 1 amide bonds. The topological polar surface area (TPSA) is 90.3 Å². The van der Waals surface area contributed by atoms with E-state index in [9.17, 15) is 14.4 Å². The summed E-state index contributed by atoms with van der Waals surface area (Å²) in [5.41, 5.74) is 1.80. The molecule has 162 valence electrons. The number of esters is 1. The third-order valence-electron chi connectivity index (χ3n) is 5.61. The molecule has 2 aromatic heterocycles. The Bertz CT molecular complexity index is 1230. The van der Waals surface area contributed by atoms with E-state index >= 15 is 0 Å². The smallest absolute Gasteiger partial charge is 0.341 e. The maximum absolute atomic E-state index is 12.9. The summed E-state index contributed by atoms with van der Waals surface area (Å²) in [6.07, 6.45) is 2.71. The predicted molar refractivity (Wildman–Crippen MR) is 121 cm³/mol. The summed E-state index contributed by atoms with van der Waals surface area (Å²) in [5, 5.41) is 8.94. The van der Waals surface area contributed by atoms with Crippen molar-refractivity contribution in [2.24, 2.45) is 13.0 Å². The molecule has 7 nitrogen and oxygen atoms in total. The first kappa shape index (κ1) is 21.2. The Morgan fingerprint density at radius 2 is 2.03 bits per heavy atom. The number of nitrogens with zero attached hydrogens (tertiary/aromatic N) is 2. The third-order valence-corrected chi connectivity index (χ3v) is 6.77. The quantitative estimate of drug-likeness (QED) is 0.615. The molecule has 1 aromatic carbocycles. The van der Waals surface area contributed by atoms with E-state index in [1.807, 2.05) is 6.07 Å². The highest BCUT2D eigenvalue weighted by atomic mass is 32.1. The van der Waals surface area contributed by atoms with Crippen LogP contribution in [0, 0.1) is 5.92 Å². The van der Waals surface area contributed by atoms with Crippen LogP contribution in [0.5, 0.6) is 0 Å². The van der Waals surface area contributed by atoms with Gasteiger partial charge >= 0.3 is 5.97 Å². The van der Waals surface area contributed by atoms with Crippen LogP contribution >= 0.6 is 11.3 Å². The Labute approximate surface area is 184 Å². The number of carbonyl (C=O) groups is 2. The second-order valence-electron chi connectivity index (χ2n) is 7.92. The van der Waals surface area contributed by atoms with Gasteiger partial charge in [-0.3, -0.25) is 9.59 Å². The van der Waals surface area contributed by atoms with Gasteiger partial charge in [0.05, 0.1) is 29.7 Å². The SMILES string of the molecule is CCOC(=O)c1c(NC(=O)Cc2nn(C)c(=O)c3ccccc23)sc2c1CCC(C)C2. The van der Waals surface area contributed by atoms with Gasteiger partial charge in [0.2, 0.25) is 5.91 Å². The lowest BCUT2D eigenvalue weighted by Crippen LogP contribution is -2.24. The normalized spacial score (nSPS) is 15.5. The molecule has 0 spiro atoms. The van der Waals surface area contributed by atoms with Gasteiger partial charge in [-0.15, -0.1) is 11.3 Å². The number of aryl methyl sites for hydroxylation is 1. The minimum absolute atomic E-state index is 0.00410. The highest BCUT2D eigenvalue weighted by Crippen LogP contribution is 2.40. The molecule has 2 heterocycles. The van der Waals surface area contributed by atoms with Gasteiger partial charge in [0, 0.05) is 17.3 Å². The van der Waals surface area contributed by atoms with Crippen LogP contribution in [0.3, 0.4) is 0 Å². The molecular formula is C23H25N3O4S. The molecular weight excluding hydrogens is 414 g/mol. The number of nitrogens with one attached hydrogen (secondary N) is 1. The second-order valence-corrected chi connectivity index (χ2v) is 9.03. The minimum Gasteiger partial charge on any atom is -0.462 e. The second kappa shape index (κ2) is 8.63. The van der Waals surface area contributed by atoms with Gasteiger partial charge in [-0.1, -0.05) is 25.1 Å². The van der Waals surface area contributed by atoms with Crippen LogP contribution in [0.1, 0.15) is 46.8 Å². The summed E-state index contributed by atoms with van der Waals surface area (Å²) in [7, 11) is 1.57. The molecule has 0 saturated heterocycles. The number of hydrogen-bond acceptors (Lipinski definition) is 6. The summed E-state index contributed by atoms with van der Waals surface area (Å²) in [5.74, 6) is -0.130. The number of anilines is 1. The molecule has 1 aliphatic carbocycles. The average molecular weight is 440 g/mol. The number of ether oxygens (including phenoxy) is 1. The van der Waals surface area contributed by atoms with Crippen LogP contribution < -0.4 is 10.9 Å². The van der Waals surface area contributed by atoms with Gasteiger partial charge in [0.25, 0.3) is 5.56 Å². The number of aromatic nitrogens is 2. The van der Waals surface area contributed by atoms with Crippen LogP contribution in [0.2, 0.25) is 0 Å². The number of benzene rings is 1. The van der Waals surface area contributed by atoms with Crippen molar-refractivity contribution in [2.75, 3.05) is 11.9 Å². The Balaban J connectivity index is 1.65. The predicted octanol–water partition coefficient (Wildman–Crippen LogP) is 3.48. The van der Waals surface area contributed by atoms with Crippen molar-refractivity contribution in [3.05, 3.63) is 56.3 Å². The number of fused-ring (bicyclic) bond motifs is 2. The molecule has 4 rings (SSSR count). The molecule has 0 fully saturated rings. The van der Waals surface area contributed by atoms with Crippen molar-refractivity contribution in [3.63, 3.8) is 0 Å². The molecule has 1 aliphatic rings. The molecule has 0 bridgehead atoms. The first-order valence-corrected chi connectivity index (χ1v) is 11.3. The number of thiophene rings is 1. The van der Waals surface area contributed by atoms with E-state index in [1.54, 1.807) is 32.2 Å². The molecule has 8 heteroatoms. The lowest BCUT2D eigenvalue weighted by Gasteiger charge is -2.18. The van der Waals surface area contributed by atoms with E-state index in [4.69, 9.17) is 4.74 Å². The van der Waals surface area contributed by atoms with Crippen molar-refractivity contribution in [3.8, 4) is 0 Å². The molecule has 1 N–H and O–H groups in total. The third kappa shape index (κ3) is 4.12. The zero-order valence-corrected chi connectivity index (χ0v) is 18.7. The molecule has 0 radical (unpaired) electrons. The Kier molecular flexibility index (Phi) is 5.91. The van der Waals surface area contributed by atoms with Crippen LogP contribution in [-0.4, -0.2) is 28.3 Å². The van der Waals surface area contributed by atoms with E-state index < -0.39 is 5.97 Å². The van der Waals surface area contributed by atoms with E-state index in [2.05, 4.69) is 17.3 Å². The maximum atomic E-state index is 12.9. The van der Waals surface area contributed by atoms with Crippen LogP contribution in [0.4, 0.5) is 5.00 Å². The first-order chi connectivity index (χ1) is 14.9. The summed E-state index contributed by atoms with van der Waals surface area (Å²) < 4.78 is 6.52. The standard InChI is InChI=1S/C23H25N3O4S/c1-4-30-23(29)20-16-10-9-13(2)11-18(16)31-21(20)24-19(27)12-17-14-7-5-6-8-15(14)22(28)26(3)25-17/h5-8,13H,4,9-12H2,1-3H3,(H,24,27). The fraction of sp³-hybridized carbons (Fsp3) is 0.391. The molecule has 1 unspecified atom stereocenters. The number of hydrogen-bond donors (Lipinski definition) is 1. The van der Waals surface area contributed by atoms with Gasteiger partial charge in [-0.2, -0.15) is 5.10 Å². The van der Waals surface area contributed by atoms with E-state index in [0.717, 1.165) is 29.7 Å². The number of amides is 1. The van der Waals surface area contributed by atoms with Crippen LogP contribution in [-0.2, 0) is 35.8 Å². The molecule has 31 heavy (non-hydrogen) atoms. The summed E-state index contributed by atoms with van der Waals surface area (Å²) in [6, 6.07) is 7.13. The zero-order chi connectivity index (χ0) is 22.1. The molecule has 3 aromatic rings. The van der Waals surface area contributed by atoms with Gasteiger partial charge in [0.1, 0.15) is 5.00 Å². The fourth-order valence-corrected chi connectivity index (χ4v) is 5.50. The van der Waals surface area contributed by atoms with Crippen LogP contribution in [0.25, 0.3) is 10.8 Å². The monoisotopic (exact) mass is 439 g/mol. The largest absolute Gasteiger partial charge is 0.462 e. The van der Waals surface area contributed by atoms with Gasteiger partial charge < -0.3 is 10.1 Å². The van der Waals surface area contributed by atoms with E-state index in [1.165, 1.54) is 16.0 Å². The van der Waals surface area contributed by atoms with Gasteiger partial charge in [0.15, 0.2) is 0 Å². The highest BCUT2D eigenvalue weighted by molar-refractivity contribution is 7.17. The zero-order valence-electron chi connectivity index (χ0n) is 17.9. The van der Waals surface area contributed by atoms with Crippen molar-refractivity contribution in [2.45, 2.75) is 39.5 Å². The fourth-order valence-electron chi connectivity index (χ4n) is 4.09. The molecule has 0 aliphatic heterocycles. The van der Waals surface area contributed by atoms with E-state index in [0.29, 0.717) is 32.9 Å². The first-order valence-electron chi connectivity index (χ1n) is 10.5. The van der Waals surface area contributed by atoms with Crippen molar-refractivity contribution < 1.29 is 14.3 Å². The Morgan fingerprint density at radius 3 is 2.77 bits per heavy atom. The van der Waals surface area contributed by atoms with Crippen molar-refractivity contribution in [1.82, 2.24) is 9.78 Å². The lowest BCUT2D eigenvalue weighted by atomic mass is 9.88. The minimum atomic E-state index is -0.393. The molecule has 0 saturated carbocycles. The van der Waals surface area contributed by atoms with E-state index in [-0.39, 0.29) is 24.5 Å². The van der Waals surface area contributed by atoms with Crippen molar-refractivity contribution >= 4 is 39.0 Å². The van der Waals surface area contributed by atoms with Gasteiger partial charge in [-0.25, -0.2) is 9.48 Å². The molecule has 1 atom stereocenters. The van der Waals surface area contributed by atoms with Gasteiger partial charge in [-0.05, 0) is 43.7 Å². The number of rotatable bonds is 5. The van der Waals surface area contributed by atoms with Crippen molar-refractivity contribution in [1.29, 1.82) is 0 Å². The Morgan fingerprint density at radius 1 is 1.29 bits per heavy atom. The average Bonchev–Trinajstić information content (AvgIpc) is 3.08.